The highest BCUT2D eigenvalue weighted by atomic mass is 16.3. The maximum absolute atomic E-state index is 11.1. The quantitative estimate of drug-likeness (QED) is 0.748. The first kappa shape index (κ1) is 15.4. The van der Waals surface area contributed by atoms with Gasteiger partial charge < -0.3 is 10.2 Å². The zero-order valence-corrected chi connectivity index (χ0v) is 14.7. The maximum atomic E-state index is 11.1. The molecule has 2 nitrogen and oxygen atoms in total. The van der Waals surface area contributed by atoms with Gasteiger partial charge in [-0.15, -0.1) is 0 Å². The van der Waals surface area contributed by atoms with Crippen molar-refractivity contribution in [3.05, 3.63) is 23.3 Å². The van der Waals surface area contributed by atoms with Gasteiger partial charge in [0.25, 0.3) is 0 Å². The van der Waals surface area contributed by atoms with Crippen LogP contribution in [0.1, 0.15) is 76.8 Å². The van der Waals surface area contributed by atoms with Crippen LogP contribution in [-0.4, -0.2) is 10.2 Å². The van der Waals surface area contributed by atoms with Gasteiger partial charge in [-0.2, -0.15) is 0 Å². The number of phenols is 2. The van der Waals surface area contributed by atoms with Crippen molar-refractivity contribution in [1.82, 2.24) is 0 Å². The summed E-state index contributed by atoms with van der Waals surface area (Å²) in [6, 6.07) is 3.65. The summed E-state index contributed by atoms with van der Waals surface area (Å²) in [6.07, 6.45) is 8.76. The Balaban J connectivity index is 1.83. The predicted molar refractivity (Wildman–Crippen MR) is 92.9 cm³/mol. The topological polar surface area (TPSA) is 40.5 Å². The van der Waals surface area contributed by atoms with Crippen molar-refractivity contribution in [2.24, 2.45) is 17.8 Å². The molecule has 4 fully saturated rings. The van der Waals surface area contributed by atoms with E-state index in [0.29, 0.717) is 11.5 Å². The van der Waals surface area contributed by atoms with Crippen LogP contribution >= 0.6 is 0 Å². The van der Waals surface area contributed by atoms with E-state index in [0.717, 1.165) is 35.3 Å². The molecule has 0 amide bonds. The van der Waals surface area contributed by atoms with Gasteiger partial charge in [-0.3, -0.25) is 0 Å². The Morgan fingerprint density at radius 2 is 1.52 bits per heavy atom. The summed E-state index contributed by atoms with van der Waals surface area (Å²) >= 11 is 0. The SMILES string of the molecule is CCC(C)(C)c1cc(O)cc(C23CC4CC(CC(C4)C2)C3)c1O. The van der Waals surface area contributed by atoms with Gasteiger partial charge in [0.05, 0.1) is 0 Å². The molecule has 0 aromatic heterocycles. The van der Waals surface area contributed by atoms with E-state index in [9.17, 15) is 10.2 Å². The van der Waals surface area contributed by atoms with Crippen LogP contribution < -0.4 is 0 Å². The Labute approximate surface area is 139 Å². The van der Waals surface area contributed by atoms with Crippen LogP contribution in [0.25, 0.3) is 0 Å². The van der Waals surface area contributed by atoms with Crippen LogP contribution in [0.5, 0.6) is 11.5 Å². The van der Waals surface area contributed by atoms with Gasteiger partial charge in [0.1, 0.15) is 11.5 Å². The van der Waals surface area contributed by atoms with Crippen LogP contribution in [0.4, 0.5) is 0 Å². The van der Waals surface area contributed by atoms with E-state index in [1.54, 1.807) is 6.07 Å². The van der Waals surface area contributed by atoms with E-state index in [4.69, 9.17) is 0 Å². The molecule has 4 aliphatic rings. The molecule has 2 heteroatoms. The predicted octanol–water partition coefficient (Wildman–Crippen LogP) is 5.25. The van der Waals surface area contributed by atoms with Crippen molar-refractivity contribution in [3.63, 3.8) is 0 Å². The third kappa shape index (κ3) is 2.28. The molecule has 0 saturated heterocycles. The van der Waals surface area contributed by atoms with Crippen LogP contribution in [0.2, 0.25) is 0 Å². The molecule has 5 rings (SSSR count). The Hall–Kier alpha value is -1.18. The molecule has 1 aromatic carbocycles. The number of hydrogen-bond donors (Lipinski definition) is 2. The van der Waals surface area contributed by atoms with E-state index >= 15 is 0 Å². The molecule has 0 spiro atoms. The van der Waals surface area contributed by atoms with E-state index < -0.39 is 0 Å². The van der Waals surface area contributed by atoms with E-state index in [1.165, 1.54) is 38.5 Å². The molecule has 126 valence electrons. The van der Waals surface area contributed by atoms with Crippen molar-refractivity contribution in [2.75, 3.05) is 0 Å². The minimum absolute atomic E-state index is 0.111. The monoisotopic (exact) mass is 314 g/mol. The van der Waals surface area contributed by atoms with Crippen molar-refractivity contribution in [2.45, 2.75) is 76.5 Å². The highest BCUT2D eigenvalue weighted by molar-refractivity contribution is 5.53. The molecule has 2 N–H and O–H groups in total. The largest absolute Gasteiger partial charge is 0.508 e. The zero-order valence-electron chi connectivity index (χ0n) is 14.7. The summed E-state index contributed by atoms with van der Waals surface area (Å²) in [5, 5.41) is 21.5. The molecule has 23 heavy (non-hydrogen) atoms. The fourth-order valence-electron chi connectivity index (χ4n) is 6.17. The van der Waals surface area contributed by atoms with Gasteiger partial charge in [0.2, 0.25) is 0 Å². The third-order valence-electron chi connectivity index (χ3n) is 7.32. The molecule has 4 aliphatic carbocycles. The lowest BCUT2D eigenvalue weighted by Gasteiger charge is -2.57. The molecule has 0 atom stereocenters. The maximum Gasteiger partial charge on any atom is 0.123 e. The van der Waals surface area contributed by atoms with Crippen LogP contribution in [0.3, 0.4) is 0 Å². The summed E-state index contributed by atoms with van der Waals surface area (Å²) in [4.78, 5) is 0. The standard InChI is InChI=1S/C21H30O2/c1-4-20(2,3)17-8-16(22)9-18(19(17)23)21-10-13-5-14(11-21)7-15(6-13)12-21/h8-9,13-15,22-23H,4-7,10-12H2,1-3H3. The van der Waals surface area contributed by atoms with Crippen molar-refractivity contribution >= 4 is 0 Å². The minimum atomic E-state index is -0.111. The van der Waals surface area contributed by atoms with E-state index in [2.05, 4.69) is 20.8 Å². The minimum Gasteiger partial charge on any atom is -0.508 e. The zero-order chi connectivity index (χ0) is 16.4. The molecule has 4 bridgehead atoms. The van der Waals surface area contributed by atoms with E-state index in [1.807, 2.05) is 6.07 Å². The van der Waals surface area contributed by atoms with Crippen LogP contribution in [0, 0.1) is 17.8 Å². The number of rotatable bonds is 3. The second-order valence-electron chi connectivity index (χ2n) is 9.32. The molecule has 0 unspecified atom stereocenters. The fraction of sp³-hybridized carbons (Fsp3) is 0.714. The van der Waals surface area contributed by atoms with Crippen molar-refractivity contribution in [1.29, 1.82) is 0 Å². The molecule has 0 aliphatic heterocycles. The molecular weight excluding hydrogens is 284 g/mol. The molecule has 0 radical (unpaired) electrons. The van der Waals surface area contributed by atoms with Crippen molar-refractivity contribution in [3.8, 4) is 11.5 Å². The summed E-state index contributed by atoms with van der Waals surface area (Å²) in [5.41, 5.74) is 1.98. The lowest BCUT2D eigenvalue weighted by molar-refractivity contribution is -0.00632. The summed E-state index contributed by atoms with van der Waals surface area (Å²) in [6.45, 7) is 6.46. The Bertz CT molecular complexity index is 594. The Morgan fingerprint density at radius 3 is 2.00 bits per heavy atom. The molecule has 0 heterocycles. The second-order valence-corrected chi connectivity index (χ2v) is 9.32. The number of hydrogen-bond acceptors (Lipinski definition) is 2. The van der Waals surface area contributed by atoms with E-state index in [-0.39, 0.29) is 10.8 Å². The Morgan fingerprint density at radius 1 is 1.00 bits per heavy atom. The average molecular weight is 314 g/mol. The highest BCUT2D eigenvalue weighted by Crippen LogP contribution is 2.62. The first-order valence-electron chi connectivity index (χ1n) is 9.40. The van der Waals surface area contributed by atoms with Gasteiger partial charge in [-0.25, -0.2) is 0 Å². The average Bonchev–Trinajstić information content (AvgIpc) is 2.47. The summed E-state index contributed by atoms with van der Waals surface area (Å²) in [7, 11) is 0. The number of aromatic hydroxyl groups is 2. The van der Waals surface area contributed by atoms with Crippen molar-refractivity contribution < 1.29 is 10.2 Å². The third-order valence-corrected chi connectivity index (χ3v) is 7.32. The van der Waals surface area contributed by atoms with Gasteiger partial charge in [-0.05, 0) is 85.7 Å². The number of benzene rings is 1. The Kier molecular flexibility index (Phi) is 3.28. The first-order chi connectivity index (χ1) is 10.8. The first-order valence-corrected chi connectivity index (χ1v) is 9.40. The van der Waals surface area contributed by atoms with Gasteiger partial charge in [0.15, 0.2) is 0 Å². The van der Waals surface area contributed by atoms with Gasteiger partial charge >= 0.3 is 0 Å². The summed E-state index contributed by atoms with van der Waals surface area (Å²) in [5.74, 6) is 3.31. The lowest BCUT2D eigenvalue weighted by Crippen LogP contribution is -2.48. The second kappa shape index (κ2) is 4.91. The highest BCUT2D eigenvalue weighted by Gasteiger charge is 2.52. The summed E-state index contributed by atoms with van der Waals surface area (Å²) < 4.78 is 0. The lowest BCUT2D eigenvalue weighted by atomic mass is 9.48. The van der Waals surface area contributed by atoms with Crippen LogP contribution in [-0.2, 0) is 10.8 Å². The number of phenolic OH excluding ortho intramolecular Hbond substituents is 2. The fourth-order valence-corrected chi connectivity index (χ4v) is 6.17. The normalized spacial score (nSPS) is 35.7. The smallest absolute Gasteiger partial charge is 0.123 e. The molecular formula is C21H30O2. The molecule has 1 aromatic rings. The molecule has 4 saturated carbocycles. The van der Waals surface area contributed by atoms with Crippen LogP contribution in [0.15, 0.2) is 12.1 Å². The van der Waals surface area contributed by atoms with Gasteiger partial charge in [0, 0.05) is 11.1 Å². The van der Waals surface area contributed by atoms with Gasteiger partial charge in [-0.1, -0.05) is 20.8 Å².